The molecule has 0 aliphatic heterocycles. The van der Waals surface area contributed by atoms with E-state index >= 15 is 0 Å². The molecule has 0 fully saturated rings. The van der Waals surface area contributed by atoms with Crippen molar-refractivity contribution in [2.24, 2.45) is 0 Å². The van der Waals surface area contributed by atoms with E-state index in [1.165, 1.54) is 0 Å². The van der Waals surface area contributed by atoms with E-state index in [9.17, 15) is 0 Å². The number of hydrogen-bond donors (Lipinski definition) is 0. The average molecular weight is 455 g/mol. The van der Waals surface area contributed by atoms with Crippen molar-refractivity contribution < 1.29 is 0 Å². The number of rotatable bonds is 6. The van der Waals surface area contributed by atoms with Gasteiger partial charge in [-0.25, -0.2) is 0 Å². The summed E-state index contributed by atoms with van der Waals surface area (Å²) in [6, 6.07) is 13.5. The minimum absolute atomic E-state index is 0.631. The summed E-state index contributed by atoms with van der Waals surface area (Å²) in [6.45, 7) is 4.47. The van der Waals surface area contributed by atoms with Crippen LogP contribution in [-0.4, -0.2) is 14.8 Å². The van der Waals surface area contributed by atoms with Crippen LogP contribution < -0.4 is 0 Å². The van der Waals surface area contributed by atoms with Crippen molar-refractivity contribution in [3.05, 3.63) is 75.2 Å². The summed E-state index contributed by atoms with van der Waals surface area (Å²) in [5.41, 5.74) is 2.02. The predicted octanol–water partition coefficient (Wildman–Crippen LogP) is 6.49. The summed E-state index contributed by atoms with van der Waals surface area (Å²) in [7, 11) is 0. The molecule has 0 saturated carbocycles. The van der Waals surface area contributed by atoms with Gasteiger partial charge in [0.05, 0.1) is 0 Å². The molecule has 0 aliphatic rings. The Balaban J connectivity index is 1.86. The van der Waals surface area contributed by atoms with Crippen LogP contribution in [0.3, 0.4) is 0 Å². The average Bonchev–Trinajstić information content (AvgIpc) is 2.98. The summed E-state index contributed by atoms with van der Waals surface area (Å²) in [6.07, 6.45) is 1.84. The molecular weight excluding hydrogens is 441 g/mol. The Hall–Kier alpha value is -1.27. The van der Waals surface area contributed by atoms with E-state index in [0.717, 1.165) is 26.6 Å². The van der Waals surface area contributed by atoms with Gasteiger partial charge < -0.3 is 0 Å². The molecule has 3 aromatic rings. The van der Waals surface area contributed by atoms with Crippen molar-refractivity contribution in [1.82, 2.24) is 14.8 Å². The lowest BCUT2D eigenvalue weighted by atomic mass is 10.2. The predicted molar refractivity (Wildman–Crippen MR) is 109 cm³/mol. The molecule has 0 amide bonds. The maximum absolute atomic E-state index is 6.25. The maximum atomic E-state index is 6.25. The molecule has 128 valence electrons. The first-order chi connectivity index (χ1) is 12.1. The number of hydrogen-bond acceptors (Lipinski definition) is 3. The lowest BCUT2D eigenvalue weighted by molar-refractivity contribution is 0.731. The molecule has 0 spiro atoms. The van der Waals surface area contributed by atoms with Crippen molar-refractivity contribution in [3.63, 3.8) is 0 Å². The molecule has 3 rings (SSSR count). The first-order valence-electron chi connectivity index (χ1n) is 7.45. The van der Waals surface area contributed by atoms with Gasteiger partial charge in [-0.05, 0) is 29.8 Å². The second-order valence-electron chi connectivity index (χ2n) is 5.24. The van der Waals surface area contributed by atoms with E-state index in [1.54, 1.807) is 17.8 Å². The lowest BCUT2D eigenvalue weighted by Gasteiger charge is -2.08. The highest BCUT2D eigenvalue weighted by Crippen LogP contribution is 2.30. The zero-order chi connectivity index (χ0) is 17.8. The number of halogens is 3. The number of allylic oxidation sites excluding steroid dienone is 1. The molecule has 0 radical (unpaired) electrons. The van der Waals surface area contributed by atoms with Crippen LogP contribution in [0.4, 0.5) is 0 Å². The molecule has 0 N–H and O–H groups in total. The molecule has 0 unspecified atom stereocenters. The molecule has 0 atom stereocenters. The van der Waals surface area contributed by atoms with Gasteiger partial charge in [0.1, 0.15) is 0 Å². The second kappa shape index (κ2) is 8.41. The van der Waals surface area contributed by atoms with Crippen LogP contribution in [0.25, 0.3) is 11.4 Å². The smallest absolute Gasteiger partial charge is 0.192 e. The Labute approximate surface area is 169 Å². The first kappa shape index (κ1) is 18.5. The zero-order valence-electron chi connectivity index (χ0n) is 13.1. The van der Waals surface area contributed by atoms with E-state index in [1.807, 2.05) is 47.0 Å². The van der Waals surface area contributed by atoms with Crippen molar-refractivity contribution in [2.45, 2.75) is 17.5 Å². The normalized spacial score (nSPS) is 10.8. The van der Waals surface area contributed by atoms with Crippen molar-refractivity contribution >= 4 is 50.9 Å². The maximum Gasteiger partial charge on any atom is 0.192 e. The summed E-state index contributed by atoms with van der Waals surface area (Å²) >= 11 is 17.2. The second-order valence-corrected chi connectivity index (χ2v) is 7.94. The molecule has 7 heteroatoms. The summed E-state index contributed by atoms with van der Waals surface area (Å²) in [5, 5.41) is 10.8. The highest BCUT2D eigenvalue weighted by Gasteiger charge is 2.14. The van der Waals surface area contributed by atoms with Crippen LogP contribution >= 0.6 is 50.9 Å². The van der Waals surface area contributed by atoms with E-state index in [4.69, 9.17) is 23.2 Å². The number of nitrogens with zero attached hydrogens (tertiary/aromatic N) is 3. The molecule has 0 bridgehead atoms. The number of benzene rings is 2. The van der Waals surface area contributed by atoms with Gasteiger partial charge in [0, 0.05) is 32.4 Å². The van der Waals surface area contributed by atoms with Gasteiger partial charge in [-0.15, -0.1) is 16.8 Å². The molecule has 25 heavy (non-hydrogen) atoms. The summed E-state index contributed by atoms with van der Waals surface area (Å²) in [5.74, 6) is 1.50. The lowest BCUT2D eigenvalue weighted by Crippen LogP contribution is -2.00. The fraction of sp³-hybridized carbons (Fsp3) is 0.111. The van der Waals surface area contributed by atoms with E-state index in [2.05, 4.69) is 32.7 Å². The van der Waals surface area contributed by atoms with Gasteiger partial charge in [-0.1, -0.05) is 75.2 Å². The third-order valence-corrected chi connectivity index (χ3v) is 5.63. The largest absolute Gasteiger partial charge is 0.298 e. The molecule has 0 saturated heterocycles. The minimum Gasteiger partial charge on any atom is -0.298 e. The standard InChI is InChI=1S/C18H14BrCl2N3S/c1-2-9-24-17(12-3-6-14(19)7-4-12)22-23-18(24)25-11-13-5-8-15(20)10-16(13)21/h2-8,10H,1,9,11H2. The highest BCUT2D eigenvalue weighted by molar-refractivity contribution is 9.10. The fourth-order valence-corrected chi connectivity index (χ4v) is 4.05. The van der Waals surface area contributed by atoms with E-state index in [-0.39, 0.29) is 0 Å². The summed E-state index contributed by atoms with van der Waals surface area (Å²) in [4.78, 5) is 0. The topological polar surface area (TPSA) is 30.7 Å². The van der Waals surface area contributed by atoms with Crippen molar-refractivity contribution in [2.75, 3.05) is 0 Å². The first-order valence-corrected chi connectivity index (χ1v) is 9.98. The van der Waals surface area contributed by atoms with Crippen LogP contribution in [-0.2, 0) is 12.3 Å². The number of aromatic nitrogens is 3. The van der Waals surface area contributed by atoms with Crippen LogP contribution in [0.5, 0.6) is 0 Å². The Morgan fingerprint density at radius 3 is 2.56 bits per heavy atom. The SMILES string of the molecule is C=CCn1c(SCc2ccc(Cl)cc2Cl)nnc1-c1ccc(Br)cc1. The van der Waals surface area contributed by atoms with Gasteiger partial charge in [0.15, 0.2) is 11.0 Å². The van der Waals surface area contributed by atoms with Gasteiger partial charge in [0.2, 0.25) is 0 Å². The monoisotopic (exact) mass is 453 g/mol. The quantitative estimate of drug-likeness (QED) is 0.315. The molecule has 0 aliphatic carbocycles. The third kappa shape index (κ3) is 4.47. The minimum atomic E-state index is 0.631. The Bertz CT molecular complexity index is 894. The molecule has 1 heterocycles. The van der Waals surface area contributed by atoms with Crippen LogP contribution in [0, 0.1) is 0 Å². The summed E-state index contributed by atoms with van der Waals surface area (Å²) < 4.78 is 3.07. The third-order valence-electron chi connectivity index (χ3n) is 3.50. The molecular formula is C18H14BrCl2N3S. The van der Waals surface area contributed by atoms with Crippen LogP contribution in [0.1, 0.15) is 5.56 Å². The Morgan fingerprint density at radius 1 is 1.12 bits per heavy atom. The van der Waals surface area contributed by atoms with Gasteiger partial charge >= 0.3 is 0 Å². The van der Waals surface area contributed by atoms with Gasteiger partial charge in [-0.2, -0.15) is 0 Å². The zero-order valence-corrected chi connectivity index (χ0v) is 17.0. The van der Waals surface area contributed by atoms with Gasteiger partial charge in [-0.3, -0.25) is 4.57 Å². The highest BCUT2D eigenvalue weighted by atomic mass is 79.9. The van der Waals surface area contributed by atoms with Gasteiger partial charge in [0.25, 0.3) is 0 Å². The Morgan fingerprint density at radius 2 is 1.88 bits per heavy atom. The van der Waals surface area contributed by atoms with Crippen molar-refractivity contribution in [3.8, 4) is 11.4 Å². The molecule has 1 aromatic heterocycles. The molecule has 3 nitrogen and oxygen atoms in total. The fourth-order valence-electron chi connectivity index (χ4n) is 2.28. The molecule has 2 aromatic carbocycles. The van der Waals surface area contributed by atoms with E-state index in [0.29, 0.717) is 22.3 Å². The van der Waals surface area contributed by atoms with E-state index < -0.39 is 0 Å². The van der Waals surface area contributed by atoms with Crippen LogP contribution in [0.2, 0.25) is 10.0 Å². The van der Waals surface area contributed by atoms with Crippen LogP contribution in [0.15, 0.2) is 64.7 Å². The number of thioether (sulfide) groups is 1. The van der Waals surface area contributed by atoms with Crippen molar-refractivity contribution in [1.29, 1.82) is 0 Å². The Kier molecular flexibility index (Phi) is 6.23.